The molecule has 0 aliphatic heterocycles. The topological polar surface area (TPSA) is 49.9 Å². The van der Waals surface area contributed by atoms with Crippen LogP contribution in [-0.2, 0) is 0 Å². The number of amidine groups is 1. The van der Waals surface area contributed by atoms with E-state index in [1.54, 1.807) is 0 Å². The quantitative estimate of drug-likeness (QED) is 0.497. The lowest BCUT2D eigenvalue weighted by Crippen LogP contribution is -2.07. The highest BCUT2D eigenvalue weighted by Crippen LogP contribution is 1.90. The van der Waals surface area contributed by atoms with Crippen molar-refractivity contribution in [3.8, 4) is 0 Å². The predicted octanol–water partition coefficient (Wildman–Crippen LogP) is 1.96. The van der Waals surface area contributed by atoms with Crippen molar-refractivity contribution < 1.29 is 0 Å². The van der Waals surface area contributed by atoms with Gasteiger partial charge in [-0.25, -0.2) is 0 Å². The average molecular weight is 173 g/mol. The lowest BCUT2D eigenvalue weighted by Gasteiger charge is -1.90. The molecule has 0 saturated heterocycles. The summed E-state index contributed by atoms with van der Waals surface area (Å²) in [5.74, 6) is 0.307. The highest BCUT2D eigenvalue weighted by molar-refractivity contribution is 5.85. The van der Waals surface area contributed by atoms with E-state index in [2.05, 4.69) is 6.92 Å². The molecular formula is C5H14Cl2N2. The third kappa shape index (κ3) is 18.0. The molecular weight excluding hydrogens is 159 g/mol. The molecule has 0 unspecified atom stereocenters. The summed E-state index contributed by atoms with van der Waals surface area (Å²) < 4.78 is 0. The second-order valence-electron chi connectivity index (χ2n) is 1.63. The second-order valence-corrected chi connectivity index (χ2v) is 1.63. The van der Waals surface area contributed by atoms with E-state index in [0.29, 0.717) is 5.84 Å². The van der Waals surface area contributed by atoms with Crippen LogP contribution in [0.2, 0.25) is 0 Å². The molecule has 0 aliphatic rings. The Morgan fingerprint density at radius 2 is 1.89 bits per heavy atom. The highest BCUT2D eigenvalue weighted by atomic mass is 35.5. The lowest BCUT2D eigenvalue weighted by atomic mass is 10.2. The van der Waals surface area contributed by atoms with Gasteiger partial charge in [0.1, 0.15) is 0 Å². The van der Waals surface area contributed by atoms with Crippen LogP contribution in [-0.4, -0.2) is 5.84 Å². The first-order valence-electron chi connectivity index (χ1n) is 2.60. The second kappa shape index (κ2) is 10.9. The molecule has 0 aromatic carbocycles. The average Bonchev–Trinajstić information content (AvgIpc) is 1.61. The number of hydrogen-bond donors (Lipinski definition) is 2. The van der Waals surface area contributed by atoms with Gasteiger partial charge in [-0.1, -0.05) is 13.3 Å². The van der Waals surface area contributed by atoms with Crippen LogP contribution in [0.1, 0.15) is 26.2 Å². The Kier molecular flexibility index (Phi) is 19.5. The smallest absolute Gasteiger partial charge is 0.0905 e. The predicted molar refractivity (Wildman–Crippen MR) is 45.9 cm³/mol. The summed E-state index contributed by atoms with van der Waals surface area (Å²) in [6, 6.07) is 0. The molecule has 0 bridgehead atoms. The molecule has 2 nitrogen and oxygen atoms in total. The monoisotopic (exact) mass is 172 g/mol. The van der Waals surface area contributed by atoms with Gasteiger partial charge in [0.15, 0.2) is 0 Å². The summed E-state index contributed by atoms with van der Waals surface area (Å²) in [4.78, 5) is 0. The van der Waals surface area contributed by atoms with Gasteiger partial charge < -0.3 is 5.73 Å². The summed E-state index contributed by atoms with van der Waals surface area (Å²) in [5, 5.41) is 6.78. The normalized spacial score (nSPS) is 6.78. The molecule has 0 aromatic heterocycles. The van der Waals surface area contributed by atoms with E-state index >= 15 is 0 Å². The first-order chi connectivity index (χ1) is 3.27. The molecule has 0 amide bonds. The van der Waals surface area contributed by atoms with Gasteiger partial charge in [-0.2, -0.15) is 0 Å². The number of nitrogens with two attached hydrogens (primary N) is 1. The first kappa shape index (κ1) is 16.0. The zero-order valence-electron chi connectivity index (χ0n) is 5.52. The van der Waals surface area contributed by atoms with Crippen molar-refractivity contribution in [1.82, 2.24) is 0 Å². The van der Waals surface area contributed by atoms with Gasteiger partial charge in [0.2, 0.25) is 0 Å². The molecule has 9 heavy (non-hydrogen) atoms. The maximum atomic E-state index is 6.78. The minimum Gasteiger partial charge on any atom is -0.388 e. The lowest BCUT2D eigenvalue weighted by molar-refractivity contribution is 0.828. The first-order valence-corrected chi connectivity index (χ1v) is 2.60. The molecule has 0 atom stereocenters. The van der Waals surface area contributed by atoms with Crippen molar-refractivity contribution in [2.24, 2.45) is 5.73 Å². The summed E-state index contributed by atoms with van der Waals surface area (Å²) >= 11 is 0. The Bertz CT molecular complexity index is 66.0. The highest BCUT2D eigenvalue weighted by Gasteiger charge is 1.83. The number of nitrogens with one attached hydrogen (secondary N) is 1. The van der Waals surface area contributed by atoms with Crippen molar-refractivity contribution in [1.29, 1.82) is 5.41 Å². The zero-order chi connectivity index (χ0) is 5.70. The van der Waals surface area contributed by atoms with Crippen LogP contribution in [0.25, 0.3) is 0 Å². The van der Waals surface area contributed by atoms with Crippen molar-refractivity contribution in [2.45, 2.75) is 26.2 Å². The standard InChI is InChI=1S/C5H12N2.2ClH/c1-2-3-4-5(6)7;;/h2-4H2,1H3,(H3,6,7);2*1H. The number of unbranched alkanes of at least 4 members (excludes halogenated alkanes) is 1. The Morgan fingerprint density at radius 3 is 2.00 bits per heavy atom. The fraction of sp³-hybridized carbons (Fsp3) is 0.800. The maximum absolute atomic E-state index is 6.78. The van der Waals surface area contributed by atoms with Crippen LogP contribution in [0, 0.1) is 5.41 Å². The van der Waals surface area contributed by atoms with E-state index in [1.165, 1.54) is 0 Å². The Morgan fingerprint density at radius 1 is 1.44 bits per heavy atom. The molecule has 0 saturated carbocycles. The molecule has 3 N–H and O–H groups in total. The number of rotatable bonds is 3. The van der Waals surface area contributed by atoms with E-state index in [-0.39, 0.29) is 24.8 Å². The molecule has 0 rings (SSSR count). The van der Waals surface area contributed by atoms with Crippen molar-refractivity contribution >= 4 is 30.6 Å². The summed E-state index contributed by atoms with van der Waals surface area (Å²) in [7, 11) is 0. The minimum atomic E-state index is 0. The SMILES string of the molecule is CCCCC(=N)N.Cl.Cl. The summed E-state index contributed by atoms with van der Waals surface area (Å²) in [6.07, 6.45) is 2.94. The van der Waals surface area contributed by atoms with Crippen LogP contribution in [0.5, 0.6) is 0 Å². The van der Waals surface area contributed by atoms with E-state index in [0.717, 1.165) is 19.3 Å². The maximum Gasteiger partial charge on any atom is 0.0905 e. The van der Waals surface area contributed by atoms with Crippen LogP contribution in [0.3, 0.4) is 0 Å². The largest absolute Gasteiger partial charge is 0.388 e. The Labute approximate surface area is 68.5 Å². The fourth-order valence-electron chi connectivity index (χ4n) is 0.367. The molecule has 0 spiro atoms. The molecule has 4 heteroatoms. The van der Waals surface area contributed by atoms with E-state index in [4.69, 9.17) is 11.1 Å². The van der Waals surface area contributed by atoms with Crippen LogP contribution in [0.15, 0.2) is 0 Å². The molecule has 0 aliphatic carbocycles. The van der Waals surface area contributed by atoms with Crippen molar-refractivity contribution in [3.63, 3.8) is 0 Å². The van der Waals surface area contributed by atoms with Crippen molar-refractivity contribution in [2.75, 3.05) is 0 Å². The molecule has 0 radical (unpaired) electrons. The van der Waals surface area contributed by atoms with E-state index in [9.17, 15) is 0 Å². The van der Waals surface area contributed by atoms with Gasteiger partial charge in [-0.15, -0.1) is 24.8 Å². The molecule has 0 heterocycles. The minimum absolute atomic E-state index is 0. The molecule has 0 aromatic rings. The van der Waals surface area contributed by atoms with Crippen LogP contribution < -0.4 is 5.73 Å². The summed E-state index contributed by atoms with van der Waals surface area (Å²) in [5.41, 5.74) is 5.06. The molecule has 58 valence electrons. The third-order valence-electron chi connectivity index (χ3n) is 0.800. The van der Waals surface area contributed by atoms with Crippen LogP contribution in [0.4, 0.5) is 0 Å². The van der Waals surface area contributed by atoms with Crippen LogP contribution >= 0.6 is 24.8 Å². The van der Waals surface area contributed by atoms with E-state index in [1.807, 2.05) is 0 Å². The fourth-order valence-corrected chi connectivity index (χ4v) is 0.367. The summed E-state index contributed by atoms with van der Waals surface area (Å²) in [6.45, 7) is 2.09. The van der Waals surface area contributed by atoms with Crippen molar-refractivity contribution in [3.05, 3.63) is 0 Å². The van der Waals surface area contributed by atoms with Gasteiger partial charge in [-0.05, 0) is 6.42 Å². The van der Waals surface area contributed by atoms with Gasteiger partial charge in [0.25, 0.3) is 0 Å². The van der Waals surface area contributed by atoms with E-state index < -0.39 is 0 Å². The number of halogens is 2. The third-order valence-corrected chi connectivity index (χ3v) is 0.800. The zero-order valence-corrected chi connectivity index (χ0v) is 7.15. The van der Waals surface area contributed by atoms with Gasteiger partial charge in [0.05, 0.1) is 5.84 Å². The van der Waals surface area contributed by atoms with Gasteiger partial charge >= 0.3 is 0 Å². The Balaban J connectivity index is -0.000000180. The number of hydrogen-bond acceptors (Lipinski definition) is 1. The van der Waals surface area contributed by atoms with Gasteiger partial charge in [0, 0.05) is 6.42 Å². The van der Waals surface area contributed by atoms with Gasteiger partial charge in [-0.3, -0.25) is 5.41 Å². The Hall–Kier alpha value is 0.0500. The molecule has 0 fully saturated rings.